The van der Waals surface area contributed by atoms with Crippen molar-refractivity contribution < 1.29 is 14.6 Å². The van der Waals surface area contributed by atoms with Crippen LogP contribution in [0.5, 0.6) is 0 Å². The zero-order chi connectivity index (χ0) is 14.0. The van der Waals surface area contributed by atoms with Crippen LogP contribution in [0, 0.1) is 6.92 Å². The number of aryl methyl sites for hydroxylation is 2. The van der Waals surface area contributed by atoms with Gasteiger partial charge in [-0.3, -0.25) is 0 Å². The molecule has 6 heteroatoms. The van der Waals surface area contributed by atoms with E-state index < -0.39 is 11.6 Å². The van der Waals surface area contributed by atoms with Gasteiger partial charge in [-0.15, -0.1) is 0 Å². The lowest BCUT2D eigenvalue weighted by molar-refractivity contribution is -0.150. The Hall–Kier alpha value is -1.69. The molecule has 1 fully saturated rings. The number of rotatable bonds is 5. The highest BCUT2D eigenvalue weighted by molar-refractivity contribution is 5.68. The molecule has 1 saturated heterocycles. The second kappa shape index (κ2) is 5.13. The van der Waals surface area contributed by atoms with Crippen LogP contribution in [0.4, 0.5) is 5.82 Å². The normalized spacial score (nSPS) is 17.1. The maximum absolute atomic E-state index is 10.5. The third-order valence-corrected chi connectivity index (χ3v) is 3.16. The van der Waals surface area contributed by atoms with Gasteiger partial charge in [0.2, 0.25) is 0 Å². The Kier molecular flexibility index (Phi) is 3.71. The SMILES string of the molecule is CCc1cc(N2CC(C)(OCC(=O)O)C2)nc(C)n1. The Bertz CT molecular complexity index is 484. The van der Waals surface area contributed by atoms with E-state index in [-0.39, 0.29) is 6.61 Å². The van der Waals surface area contributed by atoms with Crippen molar-refractivity contribution in [2.45, 2.75) is 32.8 Å². The molecule has 1 aliphatic heterocycles. The van der Waals surface area contributed by atoms with Crippen molar-refractivity contribution in [1.29, 1.82) is 0 Å². The minimum absolute atomic E-state index is 0.257. The maximum atomic E-state index is 10.5. The molecule has 6 nitrogen and oxygen atoms in total. The standard InChI is InChI=1S/C13H19N3O3/c1-4-10-5-11(15-9(2)14-10)16-7-13(3,8-16)19-6-12(17)18/h5H,4,6-8H2,1-3H3,(H,17,18). The summed E-state index contributed by atoms with van der Waals surface area (Å²) >= 11 is 0. The average Bonchev–Trinajstić information content (AvgIpc) is 2.32. The number of hydrogen-bond acceptors (Lipinski definition) is 5. The van der Waals surface area contributed by atoms with E-state index in [0.717, 1.165) is 23.8 Å². The van der Waals surface area contributed by atoms with Gasteiger partial charge in [-0.25, -0.2) is 14.8 Å². The van der Waals surface area contributed by atoms with Crippen molar-refractivity contribution in [2.75, 3.05) is 24.6 Å². The van der Waals surface area contributed by atoms with Crippen molar-refractivity contribution in [2.24, 2.45) is 0 Å². The predicted molar refractivity (Wildman–Crippen MR) is 70.4 cm³/mol. The highest BCUT2D eigenvalue weighted by Gasteiger charge is 2.41. The second-order valence-corrected chi connectivity index (χ2v) is 5.11. The first-order valence-corrected chi connectivity index (χ1v) is 6.37. The predicted octanol–water partition coefficient (Wildman–Crippen LogP) is 1.03. The largest absolute Gasteiger partial charge is 0.480 e. The van der Waals surface area contributed by atoms with Crippen LogP contribution in [0.2, 0.25) is 0 Å². The van der Waals surface area contributed by atoms with E-state index in [0.29, 0.717) is 13.1 Å². The van der Waals surface area contributed by atoms with Gasteiger partial charge in [0.25, 0.3) is 0 Å². The molecule has 19 heavy (non-hydrogen) atoms. The Morgan fingerprint density at radius 1 is 1.53 bits per heavy atom. The van der Waals surface area contributed by atoms with Gasteiger partial charge in [0, 0.05) is 24.8 Å². The molecule has 0 amide bonds. The molecule has 1 aromatic heterocycles. The molecule has 0 aromatic carbocycles. The summed E-state index contributed by atoms with van der Waals surface area (Å²) in [5.41, 5.74) is 0.617. The summed E-state index contributed by atoms with van der Waals surface area (Å²) in [7, 11) is 0. The molecular weight excluding hydrogens is 246 g/mol. The quantitative estimate of drug-likeness (QED) is 0.857. The van der Waals surface area contributed by atoms with Gasteiger partial charge >= 0.3 is 5.97 Å². The number of anilines is 1. The fourth-order valence-corrected chi connectivity index (χ4v) is 2.21. The summed E-state index contributed by atoms with van der Waals surface area (Å²) in [5.74, 6) is 0.709. The Balaban J connectivity index is 1.99. The van der Waals surface area contributed by atoms with Crippen LogP contribution in [0.1, 0.15) is 25.4 Å². The number of carboxylic acids is 1. The number of aromatic nitrogens is 2. The molecular formula is C13H19N3O3. The molecule has 2 heterocycles. The minimum atomic E-state index is -0.939. The van der Waals surface area contributed by atoms with Gasteiger partial charge in [-0.1, -0.05) is 6.92 Å². The first-order valence-electron chi connectivity index (χ1n) is 6.37. The van der Waals surface area contributed by atoms with Crippen LogP contribution in [0.3, 0.4) is 0 Å². The molecule has 0 aliphatic carbocycles. The summed E-state index contributed by atoms with van der Waals surface area (Å²) in [6.45, 7) is 6.90. The summed E-state index contributed by atoms with van der Waals surface area (Å²) < 4.78 is 5.38. The van der Waals surface area contributed by atoms with Crippen LogP contribution in [-0.4, -0.2) is 46.3 Å². The average molecular weight is 265 g/mol. The summed E-state index contributed by atoms with van der Waals surface area (Å²) in [6, 6.07) is 1.98. The van der Waals surface area contributed by atoms with Crippen molar-refractivity contribution in [3.63, 3.8) is 0 Å². The third-order valence-electron chi connectivity index (χ3n) is 3.16. The molecule has 2 rings (SSSR count). The van der Waals surface area contributed by atoms with E-state index in [1.165, 1.54) is 0 Å². The van der Waals surface area contributed by atoms with Crippen LogP contribution < -0.4 is 4.90 Å². The van der Waals surface area contributed by atoms with Gasteiger partial charge < -0.3 is 14.7 Å². The molecule has 0 spiro atoms. The molecule has 1 aromatic rings. The molecule has 1 N–H and O–H groups in total. The van der Waals surface area contributed by atoms with Crippen molar-refractivity contribution in [3.8, 4) is 0 Å². The first-order chi connectivity index (χ1) is 8.92. The number of ether oxygens (including phenoxy) is 1. The van der Waals surface area contributed by atoms with E-state index >= 15 is 0 Å². The van der Waals surface area contributed by atoms with Crippen molar-refractivity contribution in [3.05, 3.63) is 17.6 Å². The van der Waals surface area contributed by atoms with Gasteiger partial charge in [0.1, 0.15) is 23.9 Å². The van der Waals surface area contributed by atoms with E-state index in [4.69, 9.17) is 9.84 Å². The first kappa shape index (κ1) is 13.7. The van der Waals surface area contributed by atoms with Gasteiger partial charge in [-0.05, 0) is 20.3 Å². The molecule has 0 saturated carbocycles. The Morgan fingerprint density at radius 3 is 2.79 bits per heavy atom. The van der Waals surface area contributed by atoms with Crippen LogP contribution in [-0.2, 0) is 16.0 Å². The lowest BCUT2D eigenvalue weighted by Gasteiger charge is -2.48. The minimum Gasteiger partial charge on any atom is -0.480 e. The van der Waals surface area contributed by atoms with Crippen LogP contribution in [0.15, 0.2) is 6.07 Å². The molecule has 104 valence electrons. The fraction of sp³-hybridized carbons (Fsp3) is 0.615. The number of carbonyl (C=O) groups is 1. The number of carboxylic acid groups (broad SMARTS) is 1. The van der Waals surface area contributed by atoms with E-state index in [1.807, 2.05) is 19.9 Å². The third kappa shape index (κ3) is 3.20. The van der Waals surface area contributed by atoms with Crippen molar-refractivity contribution in [1.82, 2.24) is 9.97 Å². The van der Waals surface area contributed by atoms with Gasteiger partial charge in [0.05, 0.1) is 0 Å². The van der Waals surface area contributed by atoms with E-state index in [2.05, 4.69) is 21.8 Å². The van der Waals surface area contributed by atoms with Crippen LogP contribution in [0.25, 0.3) is 0 Å². The molecule has 0 radical (unpaired) electrons. The number of aliphatic carboxylic acids is 1. The summed E-state index contributed by atoms with van der Waals surface area (Å²) in [6.07, 6.45) is 0.872. The molecule has 1 aliphatic rings. The topological polar surface area (TPSA) is 75.5 Å². The summed E-state index contributed by atoms with van der Waals surface area (Å²) in [5, 5.41) is 8.62. The molecule has 0 unspecified atom stereocenters. The van der Waals surface area contributed by atoms with E-state index in [9.17, 15) is 4.79 Å². The summed E-state index contributed by atoms with van der Waals surface area (Å²) in [4.78, 5) is 21.3. The van der Waals surface area contributed by atoms with Crippen molar-refractivity contribution >= 4 is 11.8 Å². The van der Waals surface area contributed by atoms with Gasteiger partial charge in [-0.2, -0.15) is 0 Å². The highest BCUT2D eigenvalue weighted by Crippen LogP contribution is 2.29. The Morgan fingerprint density at radius 2 is 2.21 bits per heavy atom. The zero-order valence-electron chi connectivity index (χ0n) is 11.5. The number of hydrogen-bond donors (Lipinski definition) is 1. The molecule has 0 atom stereocenters. The molecule has 0 bridgehead atoms. The highest BCUT2D eigenvalue weighted by atomic mass is 16.5. The Labute approximate surface area is 112 Å². The number of nitrogens with zero attached hydrogens (tertiary/aromatic N) is 3. The smallest absolute Gasteiger partial charge is 0.329 e. The zero-order valence-corrected chi connectivity index (χ0v) is 11.5. The lowest BCUT2D eigenvalue weighted by Crippen LogP contribution is -2.62. The second-order valence-electron chi connectivity index (χ2n) is 5.11. The van der Waals surface area contributed by atoms with E-state index in [1.54, 1.807) is 0 Å². The van der Waals surface area contributed by atoms with Gasteiger partial charge in [0.15, 0.2) is 0 Å². The van der Waals surface area contributed by atoms with Crippen LogP contribution >= 0.6 is 0 Å². The monoisotopic (exact) mass is 265 g/mol. The maximum Gasteiger partial charge on any atom is 0.329 e. The lowest BCUT2D eigenvalue weighted by atomic mass is 9.96. The fourth-order valence-electron chi connectivity index (χ4n) is 2.21.